The van der Waals surface area contributed by atoms with Crippen molar-refractivity contribution in [2.24, 2.45) is 11.7 Å². The summed E-state index contributed by atoms with van der Waals surface area (Å²) in [6, 6.07) is 0.924. The number of rotatable bonds is 9. The minimum absolute atomic E-state index is 0.133. The van der Waals surface area contributed by atoms with Gasteiger partial charge in [-0.1, -0.05) is 6.92 Å². The van der Waals surface area contributed by atoms with Gasteiger partial charge in [0.1, 0.15) is 0 Å². The number of nitrogens with two attached hydrogens (primary N) is 1. The second-order valence-electron chi connectivity index (χ2n) is 4.02. The second-order valence-corrected chi connectivity index (χ2v) is 6.66. The van der Waals surface area contributed by atoms with Gasteiger partial charge in [-0.05, 0) is 33.6 Å². The minimum Gasteiger partial charge on any atom is -0.374 e. The van der Waals surface area contributed by atoms with Crippen molar-refractivity contribution < 1.29 is 13.3 Å². The van der Waals surface area contributed by atoms with E-state index in [1.165, 1.54) is 0 Å². The summed E-state index contributed by atoms with van der Waals surface area (Å²) in [4.78, 5) is 0. The van der Waals surface area contributed by atoms with Gasteiger partial charge in [-0.3, -0.25) is 0 Å². The van der Waals surface area contributed by atoms with Crippen LogP contribution in [0.25, 0.3) is 0 Å². The molecule has 4 nitrogen and oxygen atoms in total. The maximum absolute atomic E-state index is 5.89. The first-order chi connectivity index (χ1) is 7.51. The van der Waals surface area contributed by atoms with E-state index >= 15 is 0 Å². The molecule has 0 heterocycles. The summed E-state index contributed by atoms with van der Waals surface area (Å²) in [5.41, 5.74) is 5.89. The highest BCUT2D eigenvalue weighted by Crippen LogP contribution is 2.22. The molecule has 0 saturated heterocycles. The van der Waals surface area contributed by atoms with E-state index in [9.17, 15) is 0 Å². The summed E-state index contributed by atoms with van der Waals surface area (Å²) in [5, 5.41) is 0. The van der Waals surface area contributed by atoms with Crippen LogP contribution in [0.2, 0.25) is 6.04 Å². The van der Waals surface area contributed by atoms with E-state index in [4.69, 9.17) is 19.0 Å². The lowest BCUT2D eigenvalue weighted by Crippen LogP contribution is -2.48. The van der Waals surface area contributed by atoms with Gasteiger partial charge in [0.05, 0.1) is 0 Å². The summed E-state index contributed by atoms with van der Waals surface area (Å²) < 4.78 is 17.3. The number of hydrogen-bond acceptors (Lipinski definition) is 4. The van der Waals surface area contributed by atoms with E-state index in [1.807, 2.05) is 27.7 Å². The summed E-state index contributed by atoms with van der Waals surface area (Å²) in [5.74, 6) is 0.344. The molecule has 0 aromatic rings. The third kappa shape index (κ3) is 5.40. The molecule has 0 aromatic carbocycles. The van der Waals surface area contributed by atoms with Crippen molar-refractivity contribution in [3.8, 4) is 0 Å². The fourth-order valence-corrected chi connectivity index (χ4v) is 4.63. The highest BCUT2D eigenvalue weighted by molar-refractivity contribution is 6.60. The molecule has 0 saturated carbocycles. The van der Waals surface area contributed by atoms with E-state index < -0.39 is 8.80 Å². The quantitative estimate of drug-likeness (QED) is 0.635. The van der Waals surface area contributed by atoms with Crippen molar-refractivity contribution in [1.29, 1.82) is 0 Å². The average molecular weight is 249 g/mol. The van der Waals surface area contributed by atoms with Crippen LogP contribution in [0.5, 0.6) is 0 Å². The van der Waals surface area contributed by atoms with Gasteiger partial charge in [-0.15, -0.1) is 0 Å². The van der Waals surface area contributed by atoms with Gasteiger partial charge >= 0.3 is 8.80 Å². The molecular weight excluding hydrogens is 222 g/mol. The van der Waals surface area contributed by atoms with Crippen molar-refractivity contribution in [3.63, 3.8) is 0 Å². The first kappa shape index (κ1) is 16.1. The Morgan fingerprint density at radius 3 is 1.56 bits per heavy atom. The van der Waals surface area contributed by atoms with Crippen LogP contribution in [-0.4, -0.2) is 34.7 Å². The van der Waals surface area contributed by atoms with Gasteiger partial charge in [0.2, 0.25) is 0 Å². The monoisotopic (exact) mass is 249 g/mol. The molecule has 0 fully saturated rings. The van der Waals surface area contributed by atoms with Crippen molar-refractivity contribution in [2.45, 2.75) is 46.7 Å². The third-order valence-corrected chi connectivity index (χ3v) is 5.89. The topological polar surface area (TPSA) is 53.7 Å². The molecule has 16 heavy (non-hydrogen) atoms. The Kier molecular flexibility index (Phi) is 8.22. The number of hydrogen-bond donors (Lipinski definition) is 1. The average Bonchev–Trinajstić information content (AvgIpc) is 2.18. The zero-order valence-electron chi connectivity index (χ0n) is 11.3. The molecule has 0 amide bonds. The maximum atomic E-state index is 5.89. The molecule has 5 heteroatoms. The van der Waals surface area contributed by atoms with Gasteiger partial charge in [0, 0.05) is 31.9 Å². The normalized spacial score (nSPS) is 16.1. The van der Waals surface area contributed by atoms with Crippen LogP contribution in [0.1, 0.15) is 34.6 Å². The van der Waals surface area contributed by atoms with E-state index in [1.54, 1.807) is 0 Å². The van der Waals surface area contributed by atoms with Crippen LogP contribution in [0.3, 0.4) is 0 Å². The highest BCUT2D eigenvalue weighted by atomic mass is 28.4. The zero-order chi connectivity index (χ0) is 12.6. The Morgan fingerprint density at radius 2 is 1.31 bits per heavy atom. The molecular formula is C11H27NO3Si. The lowest BCUT2D eigenvalue weighted by Gasteiger charge is -2.31. The molecule has 0 aliphatic rings. The third-order valence-electron chi connectivity index (χ3n) is 2.56. The predicted octanol–water partition coefficient (Wildman–Crippen LogP) is 2.02. The predicted molar refractivity (Wildman–Crippen MR) is 68.3 cm³/mol. The van der Waals surface area contributed by atoms with E-state index in [-0.39, 0.29) is 6.04 Å². The SMILES string of the molecule is CCO[Si](CC(C)C(C)N)(OCC)OCC. The van der Waals surface area contributed by atoms with Crippen molar-refractivity contribution in [2.75, 3.05) is 19.8 Å². The van der Waals surface area contributed by atoms with Crippen LogP contribution < -0.4 is 5.73 Å². The first-order valence-corrected chi connectivity index (χ1v) is 8.11. The standard InChI is InChI=1S/C11H27NO3Si/c1-6-13-16(14-7-2,15-8-3)9-10(4)11(5)12/h10-11H,6-9,12H2,1-5H3. The molecule has 0 bridgehead atoms. The molecule has 0 aliphatic carbocycles. The highest BCUT2D eigenvalue weighted by Gasteiger charge is 2.42. The van der Waals surface area contributed by atoms with Crippen LogP contribution in [0.4, 0.5) is 0 Å². The van der Waals surface area contributed by atoms with Crippen LogP contribution in [0.15, 0.2) is 0 Å². The second kappa shape index (κ2) is 8.19. The van der Waals surface area contributed by atoms with Crippen LogP contribution in [0, 0.1) is 5.92 Å². The van der Waals surface area contributed by atoms with E-state index in [0.29, 0.717) is 25.7 Å². The molecule has 2 N–H and O–H groups in total. The van der Waals surface area contributed by atoms with Crippen molar-refractivity contribution >= 4 is 8.80 Å². The summed E-state index contributed by atoms with van der Waals surface area (Å²) in [6.45, 7) is 11.9. The van der Waals surface area contributed by atoms with E-state index in [0.717, 1.165) is 6.04 Å². The summed E-state index contributed by atoms with van der Waals surface area (Å²) >= 11 is 0. The molecule has 0 aromatic heterocycles. The Balaban J connectivity index is 4.57. The molecule has 98 valence electrons. The Labute approximate surface area is 101 Å². The Morgan fingerprint density at radius 1 is 0.938 bits per heavy atom. The Bertz CT molecular complexity index is 162. The van der Waals surface area contributed by atoms with Crippen molar-refractivity contribution in [3.05, 3.63) is 0 Å². The zero-order valence-corrected chi connectivity index (χ0v) is 12.3. The lowest BCUT2D eigenvalue weighted by atomic mass is 10.1. The fraction of sp³-hybridized carbons (Fsp3) is 1.00. The van der Waals surface area contributed by atoms with Crippen LogP contribution in [-0.2, 0) is 13.3 Å². The summed E-state index contributed by atoms with van der Waals surface area (Å²) in [6.07, 6.45) is 0. The smallest absolute Gasteiger partial charge is 0.374 e. The minimum atomic E-state index is -2.50. The van der Waals surface area contributed by atoms with Gasteiger partial charge < -0.3 is 19.0 Å². The van der Waals surface area contributed by atoms with Gasteiger partial charge in [-0.2, -0.15) is 0 Å². The van der Waals surface area contributed by atoms with Gasteiger partial charge in [0.15, 0.2) is 0 Å². The molecule has 0 radical (unpaired) electrons. The van der Waals surface area contributed by atoms with Crippen LogP contribution >= 0.6 is 0 Å². The maximum Gasteiger partial charge on any atom is 0.501 e. The van der Waals surface area contributed by atoms with Gasteiger partial charge in [0.25, 0.3) is 0 Å². The molecule has 0 rings (SSSR count). The van der Waals surface area contributed by atoms with Gasteiger partial charge in [-0.25, -0.2) is 0 Å². The van der Waals surface area contributed by atoms with Crippen molar-refractivity contribution in [1.82, 2.24) is 0 Å². The largest absolute Gasteiger partial charge is 0.501 e. The summed E-state index contributed by atoms with van der Waals surface area (Å²) in [7, 11) is -2.50. The molecule has 0 aliphatic heterocycles. The molecule has 0 spiro atoms. The first-order valence-electron chi connectivity index (χ1n) is 6.18. The fourth-order valence-electron chi connectivity index (χ4n) is 1.54. The van der Waals surface area contributed by atoms with E-state index in [2.05, 4.69) is 6.92 Å². The Hall–Kier alpha value is 0.0569. The molecule has 2 atom stereocenters. The lowest BCUT2D eigenvalue weighted by molar-refractivity contribution is 0.0668. The molecule has 2 unspecified atom stereocenters.